The Morgan fingerprint density at radius 3 is 3.14 bits per heavy atom. The van der Waals surface area contributed by atoms with Gasteiger partial charge >= 0.3 is 0 Å². The maximum Gasteiger partial charge on any atom is 0.274 e. The number of hydrogen-bond donors (Lipinski definition) is 1. The second-order valence-corrected chi connectivity index (χ2v) is 5.83. The highest BCUT2D eigenvalue weighted by Gasteiger charge is 2.26. The van der Waals surface area contributed by atoms with Crippen molar-refractivity contribution in [2.75, 3.05) is 32.8 Å². The molecule has 124 valence electrons. The van der Waals surface area contributed by atoms with Crippen LogP contribution in [-0.4, -0.2) is 59.5 Å². The summed E-state index contributed by atoms with van der Waals surface area (Å²) in [6.07, 6.45) is 5.31. The van der Waals surface area contributed by atoms with Crippen molar-refractivity contribution in [3.63, 3.8) is 0 Å². The summed E-state index contributed by atoms with van der Waals surface area (Å²) < 4.78 is 7.56. The molecule has 6 nitrogen and oxygen atoms in total. The van der Waals surface area contributed by atoms with Gasteiger partial charge in [-0.1, -0.05) is 6.92 Å². The Hall–Kier alpha value is -1.11. The molecule has 3 heterocycles. The predicted octanol–water partition coefficient (Wildman–Crippen LogP) is 1.48. The topological polar surface area (TPSA) is 59.4 Å². The zero-order valence-electron chi connectivity index (χ0n) is 13.0. The molecule has 7 heteroatoms. The number of hydrogen-bond acceptors (Lipinski definition) is 4. The number of halogens is 1. The molecule has 3 rings (SSSR count). The Morgan fingerprint density at radius 1 is 1.55 bits per heavy atom. The SMILES string of the molecule is CCC1CN(C(=O)c2ccn(C3CCCNC3)n2)CCO1.Cl. The lowest BCUT2D eigenvalue weighted by Gasteiger charge is -2.32. The average Bonchev–Trinajstić information content (AvgIpc) is 3.05. The number of morpholine rings is 1. The summed E-state index contributed by atoms with van der Waals surface area (Å²) in [6.45, 7) is 6.06. The lowest BCUT2D eigenvalue weighted by molar-refractivity contribution is -0.0228. The van der Waals surface area contributed by atoms with Crippen LogP contribution < -0.4 is 5.32 Å². The molecule has 2 aliphatic heterocycles. The number of nitrogens with one attached hydrogen (secondary N) is 1. The van der Waals surface area contributed by atoms with Crippen LogP contribution in [0.5, 0.6) is 0 Å². The summed E-state index contributed by atoms with van der Waals surface area (Å²) in [5.74, 6) is 0.0271. The lowest BCUT2D eigenvalue weighted by Crippen LogP contribution is -2.45. The summed E-state index contributed by atoms with van der Waals surface area (Å²) in [7, 11) is 0. The van der Waals surface area contributed by atoms with Crippen molar-refractivity contribution in [2.45, 2.75) is 38.3 Å². The van der Waals surface area contributed by atoms with E-state index < -0.39 is 0 Å². The number of carbonyl (C=O) groups excluding carboxylic acids is 1. The van der Waals surface area contributed by atoms with E-state index in [1.165, 1.54) is 0 Å². The molecular formula is C15H25ClN4O2. The summed E-state index contributed by atoms with van der Waals surface area (Å²) in [6, 6.07) is 2.21. The zero-order valence-corrected chi connectivity index (χ0v) is 13.8. The van der Waals surface area contributed by atoms with E-state index in [0.29, 0.717) is 31.4 Å². The quantitative estimate of drug-likeness (QED) is 0.913. The summed E-state index contributed by atoms with van der Waals surface area (Å²) >= 11 is 0. The summed E-state index contributed by atoms with van der Waals surface area (Å²) in [5, 5.41) is 7.88. The molecule has 1 aromatic rings. The fraction of sp³-hybridized carbons (Fsp3) is 0.733. The Bertz CT molecular complexity index is 488. The van der Waals surface area contributed by atoms with Gasteiger partial charge in [-0.3, -0.25) is 9.48 Å². The fourth-order valence-corrected chi connectivity index (χ4v) is 3.03. The van der Waals surface area contributed by atoms with Gasteiger partial charge in [-0.25, -0.2) is 0 Å². The van der Waals surface area contributed by atoms with Gasteiger partial charge < -0.3 is 15.0 Å². The number of amides is 1. The van der Waals surface area contributed by atoms with Crippen molar-refractivity contribution < 1.29 is 9.53 Å². The zero-order chi connectivity index (χ0) is 14.7. The van der Waals surface area contributed by atoms with E-state index in [1.807, 2.05) is 21.8 Å². The number of carbonyl (C=O) groups is 1. The molecule has 0 bridgehead atoms. The monoisotopic (exact) mass is 328 g/mol. The molecule has 0 spiro atoms. The normalized spacial score (nSPS) is 25.6. The minimum atomic E-state index is 0. The first-order valence-corrected chi connectivity index (χ1v) is 7.94. The van der Waals surface area contributed by atoms with Gasteiger partial charge in [-0.2, -0.15) is 5.10 Å². The first-order valence-electron chi connectivity index (χ1n) is 7.94. The maximum absolute atomic E-state index is 12.5. The van der Waals surface area contributed by atoms with Crippen LogP contribution in [0.2, 0.25) is 0 Å². The van der Waals surface area contributed by atoms with Gasteiger partial charge in [0.25, 0.3) is 5.91 Å². The van der Waals surface area contributed by atoms with Gasteiger partial charge in [-0.05, 0) is 31.9 Å². The highest BCUT2D eigenvalue weighted by molar-refractivity contribution is 5.92. The van der Waals surface area contributed by atoms with Crippen LogP contribution in [0, 0.1) is 0 Å². The van der Waals surface area contributed by atoms with Crippen LogP contribution >= 0.6 is 12.4 Å². The Balaban J connectivity index is 0.00000176. The van der Waals surface area contributed by atoms with E-state index >= 15 is 0 Å². The number of piperidine rings is 1. The molecule has 1 amide bonds. The van der Waals surface area contributed by atoms with E-state index in [-0.39, 0.29) is 24.4 Å². The molecule has 2 fully saturated rings. The molecule has 0 aliphatic carbocycles. The highest BCUT2D eigenvalue weighted by atomic mass is 35.5. The van der Waals surface area contributed by atoms with Crippen LogP contribution in [0.4, 0.5) is 0 Å². The molecule has 0 aromatic carbocycles. The Morgan fingerprint density at radius 2 is 2.41 bits per heavy atom. The summed E-state index contributed by atoms with van der Waals surface area (Å²) in [5.41, 5.74) is 0.553. The molecule has 2 saturated heterocycles. The lowest BCUT2D eigenvalue weighted by atomic mass is 10.1. The third-order valence-corrected chi connectivity index (χ3v) is 4.35. The van der Waals surface area contributed by atoms with E-state index in [4.69, 9.17) is 4.74 Å². The van der Waals surface area contributed by atoms with Gasteiger partial charge in [0.05, 0.1) is 18.8 Å². The van der Waals surface area contributed by atoms with Gasteiger partial charge in [0.2, 0.25) is 0 Å². The van der Waals surface area contributed by atoms with Crippen molar-refractivity contribution >= 4 is 18.3 Å². The van der Waals surface area contributed by atoms with Crippen LogP contribution in [0.15, 0.2) is 12.3 Å². The fourth-order valence-electron chi connectivity index (χ4n) is 3.03. The number of ether oxygens (including phenoxy) is 1. The maximum atomic E-state index is 12.5. The summed E-state index contributed by atoms with van der Waals surface area (Å²) in [4.78, 5) is 14.4. The van der Waals surface area contributed by atoms with Crippen LogP contribution in [0.3, 0.4) is 0 Å². The third-order valence-electron chi connectivity index (χ3n) is 4.35. The van der Waals surface area contributed by atoms with E-state index in [9.17, 15) is 4.79 Å². The number of aromatic nitrogens is 2. The molecule has 2 aliphatic rings. The first-order chi connectivity index (χ1) is 10.3. The standard InChI is InChI=1S/C15H24N4O2.ClH/c1-2-13-11-18(8-9-21-13)15(20)14-5-7-19(17-14)12-4-3-6-16-10-12;/h5,7,12-13,16H,2-4,6,8-11H2,1H3;1H. The van der Waals surface area contributed by atoms with Crippen LogP contribution in [0.1, 0.15) is 42.7 Å². The molecule has 1 N–H and O–H groups in total. The molecule has 2 unspecified atom stereocenters. The van der Waals surface area contributed by atoms with E-state index in [0.717, 1.165) is 32.4 Å². The van der Waals surface area contributed by atoms with Crippen molar-refractivity contribution in [2.24, 2.45) is 0 Å². The van der Waals surface area contributed by atoms with Crippen molar-refractivity contribution in [3.05, 3.63) is 18.0 Å². The van der Waals surface area contributed by atoms with E-state index in [1.54, 1.807) is 0 Å². The molecule has 22 heavy (non-hydrogen) atoms. The van der Waals surface area contributed by atoms with Gasteiger partial charge in [0.1, 0.15) is 5.69 Å². The average molecular weight is 329 g/mol. The van der Waals surface area contributed by atoms with Crippen LogP contribution in [-0.2, 0) is 4.74 Å². The van der Waals surface area contributed by atoms with Gasteiger partial charge in [0.15, 0.2) is 0 Å². The second-order valence-electron chi connectivity index (χ2n) is 5.83. The first kappa shape index (κ1) is 17.2. The molecule has 0 radical (unpaired) electrons. The Labute approximate surface area is 137 Å². The highest BCUT2D eigenvalue weighted by Crippen LogP contribution is 2.17. The van der Waals surface area contributed by atoms with Crippen molar-refractivity contribution in [1.29, 1.82) is 0 Å². The minimum Gasteiger partial charge on any atom is -0.375 e. The van der Waals surface area contributed by atoms with Crippen molar-refractivity contribution in [3.8, 4) is 0 Å². The van der Waals surface area contributed by atoms with Crippen LogP contribution in [0.25, 0.3) is 0 Å². The van der Waals surface area contributed by atoms with Gasteiger partial charge in [0, 0.05) is 25.8 Å². The second kappa shape index (κ2) is 7.94. The molecule has 2 atom stereocenters. The van der Waals surface area contributed by atoms with Crippen molar-refractivity contribution in [1.82, 2.24) is 20.0 Å². The molecule has 1 aromatic heterocycles. The predicted molar refractivity (Wildman–Crippen MR) is 86.6 cm³/mol. The molecule has 0 saturated carbocycles. The number of rotatable bonds is 3. The molecular weight excluding hydrogens is 304 g/mol. The largest absolute Gasteiger partial charge is 0.375 e. The Kier molecular flexibility index (Phi) is 6.23. The minimum absolute atomic E-state index is 0. The third kappa shape index (κ3) is 3.80. The smallest absolute Gasteiger partial charge is 0.274 e. The van der Waals surface area contributed by atoms with E-state index in [2.05, 4.69) is 17.3 Å². The number of nitrogens with zero attached hydrogens (tertiary/aromatic N) is 3. The van der Waals surface area contributed by atoms with Gasteiger partial charge in [-0.15, -0.1) is 12.4 Å².